The number of nitrogens with zero attached hydrogens (tertiary/aromatic N) is 2. The molecule has 1 aromatic heterocycles. The quantitative estimate of drug-likeness (QED) is 0.847. The zero-order valence-electron chi connectivity index (χ0n) is 13.7. The second-order valence-electron chi connectivity index (χ2n) is 6.70. The molecule has 1 aliphatic heterocycles. The van der Waals surface area contributed by atoms with Gasteiger partial charge in [0, 0.05) is 31.0 Å². The van der Waals surface area contributed by atoms with Crippen molar-refractivity contribution in [2.24, 2.45) is 5.73 Å². The highest BCUT2D eigenvalue weighted by Crippen LogP contribution is 2.34. The molecule has 4 rings (SSSR count). The van der Waals surface area contributed by atoms with E-state index in [2.05, 4.69) is 10.2 Å². The van der Waals surface area contributed by atoms with Crippen LogP contribution < -0.4 is 11.1 Å². The second-order valence-corrected chi connectivity index (χ2v) is 6.70. The monoisotopic (exact) mass is 328 g/mol. The van der Waals surface area contributed by atoms with Crippen molar-refractivity contribution in [2.45, 2.75) is 32.5 Å². The zero-order chi connectivity index (χ0) is 16.8. The predicted octanol–water partition coefficient (Wildman–Crippen LogP) is 2.41. The van der Waals surface area contributed by atoms with Crippen LogP contribution in [0.4, 0.5) is 10.1 Å². The predicted molar refractivity (Wildman–Crippen MR) is 90.3 cm³/mol. The number of rotatable bonds is 4. The zero-order valence-corrected chi connectivity index (χ0v) is 13.7. The van der Waals surface area contributed by atoms with Gasteiger partial charge in [0.25, 0.3) is 5.91 Å². The van der Waals surface area contributed by atoms with Gasteiger partial charge in [-0.05, 0) is 54.7 Å². The molecule has 2 aromatic rings. The van der Waals surface area contributed by atoms with Crippen LogP contribution in [0.15, 0.2) is 24.4 Å². The molecule has 0 radical (unpaired) electrons. The Bertz CT molecular complexity index is 810. The third-order valence-electron chi connectivity index (χ3n) is 4.84. The molecule has 24 heavy (non-hydrogen) atoms. The number of fused-ring (bicyclic) bond motifs is 1. The summed E-state index contributed by atoms with van der Waals surface area (Å²) < 4.78 is 15.4. The lowest BCUT2D eigenvalue weighted by atomic mass is 10.1. The number of aryl methyl sites for hydroxylation is 1. The van der Waals surface area contributed by atoms with E-state index in [-0.39, 0.29) is 17.8 Å². The van der Waals surface area contributed by atoms with Gasteiger partial charge in [-0.2, -0.15) is 0 Å². The van der Waals surface area contributed by atoms with Gasteiger partial charge < -0.3 is 15.6 Å². The number of anilines is 1. The van der Waals surface area contributed by atoms with E-state index in [1.165, 1.54) is 6.07 Å². The van der Waals surface area contributed by atoms with Crippen molar-refractivity contribution in [1.29, 1.82) is 0 Å². The van der Waals surface area contributed by atoms with E-state index in [0.717, 1.165) is 37.1 Å². The maximum absolute atomic E-state index is 13.4. The van der Waals surface area contributed by atoms with Crippen LogP contribution in [0.25, 0.3) is 0 Å². The minimum atomic E-state index is -0.273. The minimum absolute atomic E-state index is 0.00932. The average molecular weight is 328 g/mol. The van der Waals surface area contributed by atoms with Crippen molar-refractivity contribution in [1.82, 2.24) is 9.47 Å². The van der Waals surface area contributed by atoms with Crippen LogP contribution in [0.2, 0.25) is 0 Å². The maximum Gasteiger partial charge on any atom is 0.272 e. The van der Waals surface area contributed by atoms with E-state index in [4.69, 9.17) is 5.73 Å². The van der Waals surface area contributed by atoms with Crippen molar-refractivity contribution < 1.29 is 9.18 Å². The molecule has 1 unspecified atom stereocenters. The number of amides is 1. The Kier molecular flexibility index (Phi) is 3.66. The summed E-state index contributed by atoms with van der Waals surface area (Å²) in [7, 11) is 0. The fourth-order valence-electron chi connectivity index (χ4n) is 3.38. The van der Waals surface area contributed by atoms with Crippen LogP contribution in [0, 0.1) is 12.7 Å². The minimum Gasteiger partial charge on any atom is -0.329 e. The molecule has 1 fully saturated rings. The summed E-state index contributed by atoms with van der Waals surface area (Å²) in [4.78, 5) is 15.1. The summed E-state index contributed by atoms with van der Waals surface area (Å²) in [5.41, 5.74) is 10.1. The van der Waals surface area contributed by atoms with Gasteiger partial charge in [0.1, 0.15) is 11.5 Å². The number of hydrogen-bond acceptors (Lipinski definition) is 3. The molecule has 0 saturated carbocycles. The fourth-order valence-corrected chi connectivity index (χ4v) is 3.38. The average Bonchev–Trinajstić information content (AvgIpc) is 3.18. The number of benzene rings is 1. The number of nitrogens with one attached hydrogen (secondary N) is 1. The highest BCUT2D eigenvalue weighted by atomic mass is 19.1. The largest absolute Gasteiger partial charge is 0.329 e. The van der Waals surface area contributed by atoms with Crippen molar-refractivity contribution >= 4 is 11.6 Å². The van der Waals surface area contributed by atoms with Gasteiger partial charge in [0.15, 0.2) is 0 Å². The summed E-state index contributed by atoms with van der Waals surface area (Å²) in [5.74, 6) is -0.428. The Morgan fingerprint density at radius 1 is 1.42 bits per heavy atom. The highest BCUT2D eigenvalue weighted by Gasteiger charge is 2.30. The molecule has 1 aromatic carbocycles. The summed E-state index contributed by atoms with van der Waals surface area (Å²) in [6.45, 7) is 4.52. The lowest BCUT2D eigenvalue weighted by molar-refractivity contribution is 0.101. The molecule has 1 aliphatic carbocycles. The summed E-state index contributed by atoms with van der Waals surface area (Å²) in [6.07, 6.45) is 3.73. The molecule has 5 nitrogen and oxygen atoms in total. The molecular formula is C18H21FN4O. The molecule has 2 heterocycles. The molecule has 3 N–H and O–H groups in total. The molecule has 0 spiro atoms. The van der Waals surface area contributed by atoms with E-state index in [1.807, 2.05) is 10.8 Å². The molecule has 1 amide bonds. The van der Waals surface area contributed by atoms with E-state index in [1.54, 1.807) is 19.1 Å². The SMILES string of the molecule is Cc1cc(NC(=O)c2c3c(cn2CN2CC2)C(N)CC3)ccc1F. The van der Waals surface area contributed by atoms with Gasteiger partial charge in [0.05, 0.1) is 6.67 Å². The number of hydrogen-bond donors (Lipinski definition) is 2. The first-order valence-electron chi connectivity index (χ1n) is 8.30. The smallest absolute Gasteiger partial charge is 0.272 e. The van der Waals surface area contributed by atoms with Crippen LogP contribution in [0.3, 0.4) is 0 Å². The fraction of sp³-hybridized carbons (Fsp3) is 0.389. The molecule has 1 atom stereocenters. The normalized spacial score (nSPS) is 19.4. The standard InChI is InChI=1S/C18H21FN4O/c1-11-8-12(2-4-15(11)19)21-18(24)17-13-3-5-16(20)14(13)9-23(17)10-22-6-7-22/h2,4,8-9,16H,3,5-7,10,20H2,1H3,(H,21,24). The van der Waals surface area contributed by atoms with Crippen molar-refractivity contribution in [2.75, 3.05) is 18.4 Å². The first-order chi connectivity index (χ1) is 11.5. The van der Waals surface area contributed by atoms with E-state index >= 15 is 0 Å². The van der Waals surface area contributed by atoms with Crippen LogP contribution in [-0.2, 0) is 13.1 Å². The third kappa shape index (κ3) is 2.72. The number of carbonyl (C=O) groups excluding carboxylic acids is 1. The van der Waals surface area contributed by atoms with Gasteiger partial charge >= 0.3 is 0 Å². The van der Waals surface area contributed by atoms with Gasteiger partial charge in [-0.1, -0.05) is 0 Å². The lowest BCUT2D eigenvalue weighted by Gasteiger charge is -2.12. The molecule has 0 bridgehead atoms. The van der Waals surface area contributed by atoms with Crippen molar-refractivity contribution in [3.63, 3.8) is 0 Å². The second kappa shape index (κ2) is 5.72. The molecule has 6 heteroatoms. The van der Waals surface area contributed by atoms with Crippen LogP contribution in [-0.4, -0.2) is 28.5 Å². The Balaban J connectivity index is 1.65. The highest BCUT2D eigenvalue weighted by molar-refractivity contribution is 6.04. The maximum atomic E-state index is 13.4. The number of nitrogens with two attached hydrogens (primary N) is 1. The van der Waals surface area contributed by atoms with Crippen molar-refractivity contribution in [3.05, 3.63) is 52.6 Å². The third-order valence-corrected chi connectivity index (χ3v) is 4.84. The summed E-state index contributed by atoms with van der Waals surface area (Å²) in [5, 5.41) is 2.91. The Morgan fingerprint density at radius 2 is 2.21 bits per heavy atom. The lowest BCUT2D eigenvalue weighted by Crippen LogP contribution is -2.20. The van der Waals surface area contributed by atoms with Gasteiger partial charge in [-0.25, -0.2) is 4.39 Å². The van der Waals surface area contributed by atoms with Gasteiger partial charge in [-0.15, -0.1) is 0 Å². The first kappa shape index (κ1) is 15.4. The molecule has 1 saturated heterocycles. The Hall–Kier alpha value is -2.18. The van der Waals surface area contributed by atoms with E-state index < -0.39 is 0 Å². The van der Waals surface area contributed by atoms with Gasteiger partial charge in [0.2, 0.25) is 0 Å². The number of carbonyl (C=O) groups is 1. The molecular weight excluding hydrogens is 307 g/mol. The van der Waals surface area contributed by atoms with E-state index in [0.29, 0.717) is 23.6 Å². The van der Waals surface area contributed by atoms with Crippen molar-refractivity contribution in [3.8, 4) is 0 Å². The van der Waals surface area contributed by atoms with Crippen LogP contribution in [0.1, 0.15) is 39.6 Å². The van der Waals surface area contributed by atoms with Crippen LogP contribution in [0.5, 0.6) is 0 Å². The molecule has 2 aliphatic rings. The Morgan fingerprint density at radius 3 is 2.92 bits per heavy atom. The topological polar surface area (TPSA) is 63.1 Å². The molecule has 126 valence electrons. The van der Waals surface area contributed by atoms with Gasteiger partial charge in [-0.3, -0.25) is 9.69 Å². The summed E-state index contributed by atoms with van der Waals surface area (Å²) >= 11 is 0. The van der Waals surface area contributed by atoms with Crippen LogP contribution >= 0.6 is 0 Å². The number of aromatic nitrogens is 1. The first-order valence-corrected chi connectivity index (χ1v) is 8.30. The van der Waals surface area contributed by atoms with E-state index in [9.17, 15) is 9.18 Å². The Labute approximate surface area is 140 Å². The summed E-state index contributed by atoms with van der Waals surface area (Å²) in [6, 6.07) is 4.62. The number of halogens is 1.